The molecule has 2 N–H and O–H groups in total. The van der Waals surface area contributed by atoms with Gasteiger partial charge in [-0.25, -0.2) is 8.42 Å². The summed E-state index contributed by atoms with van der Waals surface area (Å²) in [6, 6.07) is 7.29. The number of hydrogen-bond acceptors (Lipinski definition) is 5. The third-order valence-electron chi connectivity index (χ3n) is 6.53. The minimum absolute atomic E-state index is 0.0745. The number of nitrogens with one attached hydrogen (secondary N) is 1. The maximum absolute atomic E-state index is 13.1. The number of carbonyl (C=O) groups is 1. The van der Waals surface area contributed by atoms with Crippen LogP contribution >= 0.6 is 22.6 Å². The number of alkyl halides is 1. The Morgan fingerprint density at radius 1 is 1.25 bits per heavy atom. The van der Waals surface area contributed by atoms with Crippen molar-refractivity contribution >= 4 is 44.3 Å². The zero-order valence-electron chi connectivity index (χ0n) is 18.0. The van der Waals surface area contributed by atoms with Crippen molar-refractivity contribution in [2.24, 2.45) is 17.8 Å². The molecule has 0 spiro atoms. The van der Waals surface area contributed by atoms with Crippen molar-refractivity contribution < 1.29 is 23.1 Å². The number of allylic oxidation sites excluding steroid dienone is 3. The molecule has 1 aliphatic heterocycles. The fraction of sp³-hybridized carbons (Fsp3) is 0.542. The molecule has 8 heteroatoms. The number of aliphatic hydroxyl groups is 1. The van der Waals surface area contributed by atoms with E-state index in [1.807, 2.05) is 24.3 Å². The highest BCUT2D eigenvalue weighted by molar-refractivity contribution is 14.1. The first kappa shape index (κ1) is 23.8. The lowest BCUT2D eigenvalue weighted by molar-refractivity contribution is -0.160. The van der Waals surface area contributed by atoms with Crippen LogP contribution in [0.15, 0.2) is 48.3 Å². The number of carbonyl (C=O) groups excluding carboxylic acids is 1. The topological polar surface area (TPSA) is 92.7 Å². The molecule has 0 radical (unpaired) electrons. The van der Waals surface area contributed by atoms with Crippen LogP contribution in [0.5, 0.6) is 0 Å². The second-order valence-electron chi connectivity index (χ2n) is 8.92. The van der Waals surface area contributed by atoms with Crippen LogP contribution in [0.2, 0.25) is 0 Å². The highest BCUT2D eigenvalue weighted by Crippen LogP contribution is 2.51. The van der Waals surface area contributed by atoms with Gasteiger partial charge in [-0.3, -0.25) is 9.52 Å². The van der Waals surface area contributed by atoms with Crippen molar-refractivity contribution in [1.29, 1.82) is 0 Å². The molecule has 1 saturated carbocycles. The van der Waals surface area contributed by atoms with Crippen LogP contribution in [0.25, 0.3) is 0 Å². The molecule has 4 rings (SSSR count). The number of sulfonamides is 1. The fourth-order valence-electron chi connectivity index (χ4n) is 4.88. The summed E-state index contributed by atoms with van der Waals surface area (Å²) in [5.41, 5.74) is 1.37. The number of ether oxygens (including phenoxy) is 1. The minimum Gasteiger partial charge on any atom is -0.430 e. The molecular formula is C24H30INO5S. The second kappa shape index (κ2) is 10.3. The number of anilines is 1. The van der Waals surface area contributed by atoms with E-state index < -0.39 is 22.0 Å². The summed E-state index contributed by atoms with van der Waals surface area (Å²) in [5, 5.41) is 11.3. The van der Waals surface area contributed by atoms with Gasteiger partial charge in [-0.2, -0.15) is 0 Å². The average molecular weight is 571 g/mol. The molecule has 4 atom stereocenters. The van der Waals surface area contributed by atoms with E-state index in [4.69, 9.17) is 4.74 Å². The summed E-state index contributed by atoms with van der Waals surface area (Å²) in [6.45, 7) is 0. The third-order valence-corrected chi connectivity index (χ3v) is 8.66. The smallest absolute Gasteiger partial charge is 0.317 e. The summed E-state index contributed by atoms with van der Waals surface area (Å²) < 4.78 is 33.9. The predicted molar refractivity (Wildman–Crippen MR) is 133 cm³/mol. The molecule has 1 heterocycles. The van der Waals surface area contributed by atoms with E-state index in [1.54, 1.807) is 12.1 Å². The molecule has 3 aliphatic rings. The van der Waals surface area contributed by atoms with Crippen molar-refractivity contribution in [3.63, 3.8) is 0 Å². The highest BCUT2D eigenvalue weighted by atomic mass is 127. The van der Waals surface area contributed by atoms with Crippen LogP contribution in [-0.4, -0.2) is 35.8 Å². The van der Waals surface area contributed by atoms with Crippen LogP contribution in [-0.2, 0) is 19.6 Å². The highest BCUT2D eigenvalue weighted by Gasteiger charge is 2.50. The molecule has 2 fully saturated rings. The zero-order chi connectivity index (χ0) is 22.7. The number of esters is 1. The maximum atomic E-state index is 13.1. The number of aliphatic hydroxyl groups excluding tert-OH is 1. The first-order valence-corrected chi connectivity index (χ1v) is 14.5. The summed E-state index contributed by atoms with van der Waals surface area (Å²) in [6.07, 6.45) is 10.2. The molecule has 1 aromatic carbocycles. The van der Waals surface area contributed by atoms with Gasteiger partial charge in [-0.05, 0) is 68.2 Å². The van der Waals surface area contributed by atoms with Gasteiger partial charge < -0.3 is 9.84 Å². The number of hydrogen-bond donors (Lipinski definition) is 2. The summed E-state index contributed by atoms with van der Waals surface area (Å²) in [4.78, 5) is 13.1. The van der Waals surface area contributed by atoms with Crippen molar-refractivity contribution in [3.8, 4) is 0 Å². The van der Waals surface area contributed by atoms with Crippen molar-refractivity contribution in [2.45, 2.75) is 50.5 Å². The quantitative estimate of drug-likeness (QED) is 0.272. The zero-order valence-corrected chi connectivity index (χ0v) is 20.9. The van der Waals surface area contributed by atoms with Crippen molar-refractivity contribution in [3.05, 3.63) is 53.8 Å². The number of rotatable bonds is 8. The molecule has 2 aliphatic carbocycles. The summed E-state index contributed by atoms with van der Waals surface area (Å²) in [7, 11) is -3.42. The Kier molecular flexibility index (Phi) is 7.62. The molecule has 0 amide bonds. The monoisotopic (exact) mass is 571 g/mol. The first-order valence-electron chi connectivity index (χ1n) is 11.3. The van der Waals surface area contributed by atoms with Crippen LogP contribution in [0.1, 0.15) is 50.0 Å². The van der Waals surface area contributed by atoms with Gasteiger partial charge in [0.05, 0.1) is 17.8 Å². The largest absolute Gasteiger partial charge is 0.430 e. The van der Waals surface area contributed by atoms with Gasteiger partial charge in [0.2, 0.25) is 10.0 Å². The first-order chi connectivity index (χ1) is 15.4. The van der Waals surface area contributed by atoms with Gasteiger partial charge in [-0.15, -0.1) is 0 Å². The molecule has 0 aromatic heterocycles. The third kappa shape index (κ3) is 5.56. The standard InChI is InChI=1S/C24H30INO5S/c25-13-6-14-32(29,30)26-18-8-5-7-17(15-18)21(16-11-12-16)22-23(27)19-9-3-1-2-4-10-20(19)31-24(22)28/h2,4-5,7-8,10,15-16,19,21-23,26-27H,1,3,6,9,11-14H2. The van der Waals surface area contributed by atoms with Crippen LogP contribution in [0.3, 0.4) is 0 Å². The second-order valence-corrected chi connectivity index (χ2v) is 11.8. The van der Waals surface area contributed by atoms with Gasteiger partial charge in [0.25, 0.3) is 0 Å². The number of halogens is 1. The van der Waals surface area contributed by atoms with E-state index in [2.05, 4.69) is 33.4 Å². The summed E-state index contributed by atoms with van der Waals surface area (Å²) >= 11 is 2.17. The van der Waals surface area contributed by atoms with Gasteiger partial charge >= 0.3 is 5.97 Å². The Balaban J connectivity index is 1.61. The molecule has 4 unspecified atom stereocenters. The Morgan fingerprint density at radius 2 is 2.06 bits per heavy atom. The Hall–Kier alpha value is -1.39. The van der Waals surface area contributed by atoms with Crippen molar-refractivity contribution in [1.82, 2.24) is 0 Å². The normalized spacial score (nSPS) is 26.9. The van der Waals surface area contributed by atoms with Gasteiger partial charge in [0.1, 0.15) is 5.76 Å². The molecular weight excluding hydrogens is 541 g/mol. The number of benzene rings is 1. The lowest BCUT2D eigenvalue weighted by Crippen LogP contribution is -2.45. The van der Waals surface area contributed by atoms with E-state index in [0.717, 1.165) is 42.1 Å². The average Bonchev–Trinajstić information content (AvgIpc) is 3.56. The molecule has 0 bridgehead atoms. The van der Waals surface area contributed by atoms with Gasteiger partial charge in [-0.1, -0.05) is 46.9 Å². The summed E-state index contributed by atoms with van der Waals surface area (Å²) in [5.74, 6) is -0.519. The lowest BCUT2D eigenvalue weighted by Gasteiger charge is -2.39. The number of fused-ring (bicyclic) bond motifs is 1. The van der Waals surface area contributed by atoms with E-state index in [0.29, 0.717) is 17.9 Å². The fourth-order valence-corrected chi connectivity index (χ4v) is 6.89. The molecule has 1 saturated heterocycles. The molecule has 1 aromatic rings. The van der Waals surface area contributed by atoms with Crippen LogP contribution < -0.4 is 4.72 Å². The predicted octanol–water partition coefficient (Wildman–Crippen LogP) is 4.52. The molecule has 174 valence electrons. The van der Waals surface area contributed by atoms with Crippen LogP contribution in [0, 0.1) is 17.8 Å². The SMILES string of the molecule is O=C1OC2=CC=CCCCC2C(O)C1C(c1cccc(NS(=O)(=O)CCCI)c1)C1CC1. The lowest BCUT2D eigenvalue weighted by atomic mass is 9.72. The Morgan fingerprint density at radius 3 is 2.81 bits per heavy atom. The minimum atomic E-state index is -3.42. The molecule has 32 heavy (non-hydrogen) atoms. The van der Waals surface area contributed by atoms with Gasteiger partial charge in [0, 0.05) is 22.0 Å². The Labute approximate surface area is 203 Å². The Bertz CT molecular complexity index is 1000. The maximum Gasteiger partial charge on any atom is 0.317 e. The van der Waals surface area contributed by atoms with E-state index in [9.17, 15) is 18.3 Å². The van der Waals surface area contributed by atoms with Crippen molar-refractivity contribution in [2.75, 3.05) is 14.9 Å². The van der Waals surface area contributed by atoms with Gasteiger partial charge in [0.15, 0.2) is 0 Å². The van der Waals surface area contributed by atoms with Crippen LogP contribution in [0.4, 0.5) is 5.69 Å². The van der Waals surface area contributed by atoms with E-state index in [-0.39, 0.29) is 29.5 Å². The van der Waals surface area contributed by atoms with E-state index in [1.165, 1.54) is 0 Å². The van der Waals surface area contributed by atoms with E-state index >= 15 is 0 Å². The molecule has 6 nitrogen and oxygen atoms in total.